The van der Waals surface area contributed by atoms with Gasteiger partial charge in [0.1, 0.15) is 0 Å². The van der Waals surface area contributed by atoms with Crippen LogP contribution in [0.2, 0.25) is 0 Å². The van der Waals surface area contributed by atoms with Gasteiger partial charge in [0.15, 0.2) is 0 Å². The van der Waals surface area contributed by atoms with Crippen molar-refractivity contribution in [3.63, 3.8) is 0 Å². The summed E-state index contributed by atoms with van der Waals surface area (Å²) in [6.07, 6.45) is 4.18. The van der Waals surface area contributed by atoms with Crippen LogP contribution in [0.15, 0.2) is 36.9 Å². The van der Waals surface area contributed by atoms with Gasteiger partial charge in [-0.05, 0) is 37.4 Å². The van der Waals surface area contributed by atoms with Gasteiger partial charge in [-0.2, -0.15) is 0 Å². The smallest absolute Gasteiger partial charge is 0.0325 e. The van der Waals surface area contributed by atoms with E-state index >= 15 is 0 Å². The highest BCUT2D eigenvalue weighted by molar-refractivity contribution is 5.28. The molecule has 82 valence electrons. The summed E-state index contributed by atoms with van der Waals surface area (Å²) in [5.74, 6) is 0. The van der Waals surface area contributed by atoms with Crippen LogP contribution in [0.1, 0.15) is 36.9 Å². The Hall–Kier alpha value is -1.08. The highest BCUT2D eigenvalue weighted by Gasteiger charge is 2.10. The summed E-state index contributed by atoms with van der Waals surface area (Å²) in [5.41, 5.74) is 2.79. The molecule has 0 aromatic heterocycles. The second-order valence-corrected chi connectivity index (χ2v) is 3.83. The molecular formula is C14H21N. The minimum absolute atomic E-state index is 0.467. The van der Waals surface area contributed by atoms with E-state index in [0.29, 0.717) is 6.04 Å². The van der Waals surface area contributed by atoms with Crippen LogP contribution in [0.5, 0.6) is 0 Å². The first-order chi connectivity index (χ1) is 7.29. The lowest BCUT2D eigenvalue weighted by Gasteiger charge is -2.19. The maximum Gasteiger partial charge on any atom is 0.0325 e. The van der Waals surface area contributed by atoms with Crippen LogP contribution in [0.3, 0.4) is 0 Å². The number of nitrogens with one attached hydrogen (secondary N) is 1. The lowest BCUT2D eigenvalue weighted by atomic mass is 9.97. The van der Waals surface area contributed by atoms with Gasteiger partial charge in [0.25, 0.3) is 0 Å². The minimum Gasteiger partial charge on any atom is -0.310 e. The van der Waals surface area contributed by atoms with Crippen LogP contribution in [-0.2, 0) is 0 Å². The summed E-state index contributed by atoms with van der Waals surface area (Å²) in [6.45, 7) is 9.12. The number of rotatable bonds is 6. The molecule has 1 aromatic rings. The Morgan fingerprint density at radius 1 is 1.40 bits per heavy atom. The molecule has 0 saturated heterocycles. The molecule has 0 bridgehead atoms. The number of aryl methyl sites for hydroxylation is 1. The van der Waals surface area contributed by atoms with E-state index in [9.17, 15) is 0 Å². The minimum atomic E-state index is 0.467. The van der Waals surface area contributed by atoms with E-state index in [-0.39, 0.29) is 0 Å². The van der Waals surface area contributed by atoms with Crippen LogP contribution in [-0.4, -0.2) is 6.54 Å². The zero-order chi connectivity index (χ0) is 11.1. The fraction of sp³-hybridized carbons (Fsp3) is 0.429. The molecule has 0 aliphatic heterocycles. The largest absolute Gasteiger partial charge is 0.310 e. The third-order valence-corrected chi connectivity index (χ3v) is 2.67. The van der Waals surface area contributed by atoms with E-state index in [1.165, 1.54) is 11.1 Å². The lowest BCUT2D eigenvalue weighted by Crippen LogP contribution is -2.21. The van der Waals surface area contributed by atoms with Crippen LogP contribution >= 0.6 is 0 Å². The molecule has 1 N–H and O–H groups in total. The average molecular weight is 203 g/mol. The van der Waals surface area contributed by atoms with E-state index in [2.05, 4.69) is 50.0 Å². The van der Waals surface area contributed by atoms with Gasteiger partial charge in [-0.3, -0.25) is 0 Å². The molecule has 15 heavy (non-hydrogen) atoms. The second kappa shape index (κ2) is 6.41. The van der Waals surface area contributed by atoms with E-state index in [1.54, 1.807) is 0 Å². The molecular weight excluding hydrogens is 182 g/mol. The number of allylic oxidation sites excluding steroid dienone is 1. The molecule has 0 radical (unpaired) electrons. The van der Waals surface area contributed by atoms with E-state index in [1.807, 2.05) is 6.08 Å². The highest BCUT2D eigenvalue weighted by Crippen LogP contribution is 2.21. The predicted octanol–water partition coefficient (Wildman–Crippen LogP) is 3.61. The molecule has 0 fully saturated rings. The first-order valence-electron chi connectivity index (χ1n) is 5.69. The normalized spacial score (nSPS) is 12.4. The van der Waals surface area contributed by atoms with Gasteiger partial charge < -0.3 is 5.32 Å². The first kappa shape index (κ1) is 12.0. The Kier molecular flexibility index (Phi) is 5.13. The summed E-state index contributed by atoms with van der Waals surface area (Å²) in [7, 11) is 0. The van der Waals surface area contributed by atoms with Crippen molar-refractivity contribution in [1.29, 1.82) is 0 Å². The van der Waals surface area contributed by atoms with Crippen molar-refractivity contribution in [3.05, 3.63) is 48.0 Å². The maximum absolute atomic E-state index is 3.78. The predicted molar refractivity (Wildman–Crippen MR) is 67.0 cm³/mol. The number of hydrogen-bond donors (Lipinski definition) is 1. The molecule has 0 aliphatic rings. The van der Waals surface area contributed by atoms with Crippen molar-refractivity contribution in [2.24, 2.45) is 0 Å². The first-order valence-corrected chi connectivity index (χ1v) is 5.69. The standard InChI is InChI=1S/C14H21N/c1-4-6-11-14(15-5-2)13-10-8-7-9-12(13)3/h4,7-10,14-15H,1,5-6,11H2,2-3H3. The quantitative estimate of drug-likeness (QED) is 0.696. The van der Waals surface area contributed by atoms with Crippen LogP contribution in [0, 0.1) is 6.92 Å². The van der Waals surface area contributed by atoms with Gasteiger partial charge in [-0.15, -0.1) is 6.58 Å². The fourth-order valence-electron chi connectivity index (χ4n) is 1.88. The van der Waals surface area contributed by atoms with Gasteiger partial charge >= 0.3 is 0 Å². The Morgan fingerprint density at radius 2 is 2.13 bits per heavy atom. The Morgan fingerprint density at radius 3 is 2.73 bits per heavy atom. The maximum atomic E-state index is 3.78. The fourth-order valence-corrected chi connectivity index (χ4v) is 1.88. The summed E-state index contributed by atoms with van der Waals surface area (Å²) < 4.78 is 0. The highest BCUT2D eigenvalue weighted by atomic mass is 14.9. The number of benzene rings is 1. The third-order valence-electron chi connectivity index (χ3n) is 2.67. The summed E-state index contributed by atoms with van der Waals surface area (Å²) >= 11 is 0. The molecule has 1 heteroatoms. The average Bonchev–Trinajstić information content (AvgIpc) is 2.25. The topological polar surface area (TPSA) is 12.0 Å². The summed E-state index contributed by atoms with van der Waals surface area (Å²) in [4.78, 5) is 0. The van der Waals surface area contributed by atoms with Crippen molar-refractivity contribution >= 4 is 0 Å². The molecule has 1 aromatic carbocycles. The van der Waals surface area contributed by atoms with Crippen LogP contribution < -0.4 is 5.32 Å². The van der Waals surface area contributed by atoms with E-state index in [0.717, 1.165) is 19.4 Å². The molecule has 0 heterocycles. The Labute approximate surface area is 93.2 Å². The molecule has 1 unspecified atom stereocenters. The molecule has 1 rings (SSSR count). The third kappa shape index (κ3) is 3.52. The molecule has 1 nitrogen and oxygen atoms in total. The number of hydrogen-bond acceptors (Lipinski definition) is 1. The molecule has 1 atom stereocenters. The Balaban J connectivity index is 2.78. The zero-order valence-electron chi connectivity index (χ0n) is 9.79. The molecule has 0 aliphatic carbocycles. The van der Waals surface area contributed by atoms with Crippen molar-refractivity contribution in [2.75, 3.05) is 6.54 Å². The van der Waals surface area contributed by atoms with Gasteiger partial charge in [-0.1, -0.05) is 37.3 Å². The Bertz CT molecular complexity index is 304. The van der Waals surface area contributed by atoms with Gasteiger partial charge in [0, 0.05) is 6.04 Å². The summed E-state index contributed by atoms with van der Waals surface area (Å²) in [5, 5.41) is 3.53. The van der Waals surface area contributed by atoms with Crippen molar-refractivity contribution in [2.45, 2.75) is 32.7 Å². The van der Waals surface area contributed by atoms with Crippen molar-refractivity contribution in [1.82, 2.24) is 5.32 Å². The van der Waals surface area contributed by atoms with E-state index in [4.69, 9.17) is 0 Å². The van der Waals surface area contributed by atoms with E-state index < -0.39 is 0 Å². The lowest BCUT2D eigenvalue weighted by molar-refractivity contribution is 0.517. The van der Waals surface area contributed by atoms with Crippen molar-refractivity contribution in [3.8, 4) is 0 Å². The molecule has 0 amide bonds. The van der Waals surface area contributed by atoms with Gasteiger partial charge in [0.2, 0.25) is 0 Å². The van der Waals surface area contributed by atoms with Gasteiger partial charge in [-0.25, -0.2) is 0 Å². The monoisotopic (exact) mass is 203 g/mol. The molecule has 0 spiro atoms. The zero-order valence-corrected chi connectivity index (χ0v) is 9.79. The SMILES string of the molecule is C=CCCC(NCC)c1ccccc1C. The van der Waals surface area contributed by atoms with Crippen LogP contribution in [0.4, 0.5) is 0 Å². The molecule has 0 saturated carbocycles. The van der Waals surface area contributed by atoms with Crippen LogP contribution in [0.25, 0.3) is 0 Å². The second-order valence-electron chi connectivity index (χ2n) is 3.83. The van der Waals surface area contributed by atoms with Gasteiger partial charge in [0.05, 0.1) is 0 Å². The summed E-state index contributed by atoms with van der Waals surface area (Å²) in [6, 6.07) is 9.06. The van der Waals surface area contributed by atoms with Crippen molar-refractivity contribution < 1.29 is 0 Å².